The van der Waals surface area contributed by atoms with Crippen LogP contribution in [0.2, 0.25) is 0 Å². The van der Waals surface area contributed by atoms with Crippen molar-refractivity contribution in [3.8, 4) is 0 Å². The fourth-order valence-corrected chi connectivity index (χ4v) is 3.27. The molecule has 0 amide bonds. The van der Waals surface area contributed by atoms with Crippen molar-refractivity contribution in [2.45, 2.75) is 14.9 Å². The van der Waals surface area contributed by atoms with Gasteiger partial charge in [0.05, 0.1) is 10.6 Å². The molecule has 0 saturated heterocycles. The molecule has 96 valence electrons. The molecule has 0 spiro atoms. The molecule has 0 aliphatic rings. The molecule has 0 bridgehead atoms. The largest absolute Gasteiger partial charge is 0.397 e. The van der Waals surface area contributed by atoms with E-state index in [1.807, 2.05) is 17.8 Å². The maximum Gasteiger partial charge on any atom is 0.177 e. The third-order valence-corrected chi connectivity index (χ3v) is 4.71. The Hall–Kier alpha value is -1.47. The maximum atomic E-state index is 11.6. The van der Waals surface area contributed by atoms with Crippen molar-refractivity contribution in [1.29, 1.82) is 0 Å². The molecule has 2 rings (SSSR count). The van der Waals surface area contributed by atoms with Gasteiger partial charge >= 0.3 is 0 Å². The van der Waals surface area contributed by atoms with E-state index in [4.69, 9.17) is 5.73 Å². The van der Waals surface area contributed by atoms with Crippen LogP contribution in [0.4, 0.5) is 5.69 Å². The molecular weight excluding hydrogens is 270 g/mol. The number of rotatable bonds is 3. The summed E-state index contributed by atoms with van der Waals surface area (Å²) in [5, 5.41) is 0.757. The summed E-state index contributed by atoms with van der Waals surface area (Å²) in [6, 6.07) is 4.97. The van der Waals surface area contributed by atoms with Gasteiger partial charge in [0.2, 0.25) is 0 Å². The quantitative estimate of drug-likeness (QED) is 0.865. The van der Waals surface area contributed by atoms with Crippen LogP contribution >= 0.6 is 11.8 Å². The second-order valence-corrected chi connectivity index (χ2v) is 6.86. The Kier molecular flexibility index (Phi) is 3.36. The first-order valence-electron chi connectivity index (χ1n) is 5.13. The summed E-state index contributed by atoms with van der Waals surface area (Å²) in [7, 11) is -1.44. The average Bonchev–Trinajstić information content (AvgIpc) is 2.66. The molecule has 0 fully saturated rings. The minimum atomic E-state index is -3.31. The van der Waals surface area contributed by atoms with Crippen LogP contribution < -0.4 is 5.73 Å². The van der Waals surface area contributed by atoms with Gasteiger partial charge in [-0.3, -0.25) is 0 Å². The zero-order chi connectivity index (χ0) is 13.3. The number of imidazole rings is 1. The minimum absolute atomic E-state index is 0.154. The number of anilines is 1. The molecule has 0 atom stereocenters. The highest BCUT2D eigenvalue weighted by molar-refractivity contribution is 7.99. The number of nitrogens with zero attached hydrogens (tertiary/aromatic N) is 2. The first-order chi connectivity index (χ1) is 8.39. The number of benzene rings is 1. The molecule has 7 heteroatoms. The summed E-state index contributed by atoms with van der Waals surface area (Å²) >= 11 is 1.34. The lowest BCUT2D eigenvalue weighted by Crippen LogP contribution is -2.03. The topological polar surface area (TPSA) is 78.0 Å². The molecule has 0 radical (unpaired) electrons. The lowest BCUT2D eigenvalue weighted by Gasteiger charge is -2.08. The fraction of sp³-hybridized carbons (Fsp3) is 0.182. The van der Waals surface area contributed by atoms with Crippen LogP contribution in [0.3, 0.4) is 0 Å². The maximum absolute atomic E-state index is 11.6. The second kappa shape index (κ2) is 4.66. The van der Waals surface area contributed by atoms with Crippen molar-refractivity contribution in [2.24, 2.45) is 7.05 Å². The minimum Gasteiger partial charge on any atom is -0.397 e. The van der Waals surface area contributed by atoms with Crippen molar-refractivity contribution in [1.82, 2.24) is 9.55 Å². The van der Waals surface area contributed by atoms with E-state index in [0.29, 0.717) is 4.90 Å². The van der Waals surface area contributed by atoms with Crippen molar-refractivity contribution < 1.29 is 8.42 Å². The first-order valence-corrected chi connectivity index (χ1v) is 7.84. The van der Waals surface area contributed by atoms with Gasteiger partial charge in [-0.25, -0.2) is 13.4 Å². The van der Waals surface area contributed by atoms with E-state index in [9.17, 15) is 8.42 Å². The van der Waals surface area contributed by atoms with E-state index < -0.39 is 9.84 Å². The Morgan fingerprint density at radius 3 is 2.67 bits per heavy atom. The summed E-state index contributed by atoms with van der Waals surface area (Å²) in [6.45, 7) is 0. The number of para-hydroxylation sites is 1. The number of hydrogen-bond donors (Lipinski definition) is 1. The molecule has 1 aromatic carbocycles. The molecule has 1 aromatic heterocycles. The fourth-order valence-electron chi connectivity index (χ4n) is 1.48. The molecule has 1 heterocycles. The van der Waals surface area contributed by atoms with E-state index in [1.165, 1.54) is 17.8 Å². The summed E-state index contributed by atoms with van der Waals surface area (Å²) in [4.78, 5) is 5.01. The highest BCUT2D eigenvalue weighted by atomic mass is 32.2. The van der Waals surface area contributed by atoms with E-state index in [1.54, 1.807) is 18.3 Å². The summed E-state index contributed by atoms with van der Waals surface area (Å²) in [5.41, 5.74) is 6.17. The molecule has 0 saturated carbocycles. The Balaban J connectivity index is 2.45. The van der Waals surface area contributed by atoms with Crippen LogP contribution in [0.5, 0.6) is 0 Å². The van der Waals surface area contributed by atoms with E-state index in [0.717, 1.165) is 11.4 Å². The lowest BCUT2D eigenvalue weighted by atomic mass is 10.3. The highest BCUT2D eigenvalue weighted by Gasteiger charge is 2.15. The Morgan fingerprint density at radius 2 is 2.11 bits per heavy atom. The Bertz CT molecular complexity index is 677. The number of hydrogen-bond acceptors (Lipinski definition) is 5. The third kappa shape index (κ3) is 2.51. The highest BCUT2D eigenvalue weighted by Crippen LogP contribution is 2.34. The van der Waals surface area contributed by atoms with E-state index in [-0.39, 0.29) is 10.6 Å². The number of nitrogen functional groups attached to an aromatic ring is 1. The Labute approximate surface area is 110 Å². The molecule has 2 aromatic rings. The van der Waals surface area contributed by atoms with Gasteiger partial charge in [0.25, 0.3) is 0 Å². The van der Waals surface area contributed by atoms with Crippen molar-refractivity contribution in [3.63, 3.8) is 0 Å². The van der Waals surface area contributed by atoms with Crippen LogP contribution in [-0.4, -0.2) is 24.2 Å². The first kappa shape index (κ1) is 13.0. The van der Waals surface area contributed by atoms with Gasteiger partial charge < -0.3 is 10.3 Å². The van der Waals surface area contributed by atoms with Crippen molar-refractivity contribution >= 4 is 27.3 Å². The molecule has 0 aliphatic carbocycles. The van der Waals surface area contributed by atoms with Crippen molar-refractivity contribution in [3.05, 3.63) is 30.6 Å². The van der Waals surface area contributed by atoms with E-state index >= 15 is 0 Å². The van der Waals surface area contributed by atoms with Gasteiger partial charge in [-0.15, -0.1) is 0 Å². The number of aromatic nitrogens is 2. The molecule has 5 nitrogen and oxygen atoms in total. The third-order valence-electron chi connectivity index (χ3n) is 2.40. The van der Waals surface area contributed by atoms with Crippen LogP contribution in [-0.2, 0) is 16.9 Å². The Morgan fingerprint density at radius 1 is 1.39 bits per heavy atom. The van der Waals surface area contributed by atoms with Crippen molar-refractivity contribution in [2.75, 3.05) is 12.0 Å². The monoisotopic (exact) mass is 283 g/mol. The van der Waals surface area contributed by atoms with Gasteiger partial charge in [0, 0.05) is 30.6 Å². The summed E-state index contributed by atoms with van der Waals surface area (Å²) < 4.78 is 25.0. The lowest BCUT2D eigenvalue weighted by molar-refractivity contribution is 0.602. The molecular formula is C11H13N3O2S2. The summed E-state index contributed by atoms with van der Waals surface area (Å²) in [5.74, 6) is 0. The van der Waals surface area contributed by atoms with E-state index in [2.05, 4.69) is 4.98 Å². The van der Waals surface area contributed by atoms with Crippen LogP contribution in [0.1, 0.15) is 0 Å². The standard InChI is InChI=1S/C11H13N3O2S2/c1-14-7-6-13-11(14)17-8-4-3-5-9(10(8)12)18(2,15)16/h3-7H,12H2,1-2H3. The zero-order valence-corrected chi connectivity index (χ0v) is 11.6. The number of aryl methyl sites for hydroxylation is 1. The molecule has 0 aliphatic heterocycles. The van der Waals surface area contributed by atoms with Crippen LogP contribution in [0.25, 0.3) is 0 Å². The zero-order valence-electron chi connectivity index (χ0n) is 9.99. The van der Waals surface area contributed by atoms with Gasteiger partial charge in [0.1, 0.15) is 0 Å². The van der Waals surface area contributed by atoms with Gasteiger partial charge in [0.15, 0.2) is 15.0 Å². The smallest absolute Gasteiger partial charge is 0.177 e. The molecule has 0 unspecified atom stereocenters. The predicted molar refractivity (Wildman–Crippen MR) is 71.3 cm³/mol. The molecule has 18 heavy (non-hydrogen) atoms. The second-order valence-electron chi connectivity index (χ2n) is 3.86. The van der Waals surface area contributed by atoms with Gasteiger partial charge in [-0.2, -0.15) is 0 Å². The predicted octanol–water partition coefficient (Wildman–Crippen LogP) is 1.56. The SMILES string of the molecule is Cn1ccnc1Sc1cccc(S(C)(=O)=O)c1N. The number of nitrogens with two attached hydrogens (primary N) is 1. The van der Waals surface area contributed by atoms with Crippen LogP contribution in [0.15, 0.2) is 45.5 Å². The van der Waals surface area contributed by atoms with Crippen LogP contribution in [0, 0.1) is 0 Å². The molecule has 2 N–H and O–H groups in total. The van der Waals surface area contributed by atoms with Gasteiger partial charge in [-0.05, 0) is 23.9 Å². The normalized spacial score (nSPS) is 11.7. The number of sulfone groups is 1. The average molecular weight is 283 g/mol. The van der Waals surface area contributed by atoms with Gasteiger partial charge in [-0.1, -0.05) is 6.07 Å². The summed E-state index contributed by atoms with van der Waals surface area (Å²) in [6.07, 6.45) is 4.64.